The molecule has 2 rings (SSSR count). The van der Waals surface area contributed by atoms with Crippen molar-refractivity contribution in [1.82, 2.24) is 16.2 Å². The van der Waals surface area contributed by atoms with Crippen molar-refractivity contribution in [2.45, 2.75) is 38.5 Å². The highest BCUT2D eigenvalue weighted by molar-refractivity contribution is 5.92. The van der Waals surface area contributed by atoms with Crippen molar-refractivity contribution in [3.05, 3.63) is 35.9 Å². The maximum absolute atomic E-state index is 11.9. The largest absolute Gasteiger partial charge is 0.497 e. The van der Waals surface area contributed by atoms with Crippen LogP contribution in [0, 0.1) is 5.92 Å². The van der Waals surface area contributed by atoms with Gasteiger partial charge in [-0.2, -0.15) is 0 Å². The van der Waals surface area contributed by atoms with E-state index in [0.29, 0.717) is 0 Å². The monoisotopic (exact) mass is 373 g/mol. The second-order valence-corrected chi connectivity index (χ2v) is 6.52. The maximum atomic E-state index is 11.9. The third-order valence-corrected chi connectivity index (χ3v) is 4.50. The third kappa shape index (κ3) is 7.52. The molecule has 0 bridgehead atoms. The molecular formula is C20H27N3O4. The SMILES string of the molecule is COc1ccc(/C=C/C(=O)NCCC(=O)NNC(=O)C2CCCCC2)cc1. The molecule has 3 amide bonds. The molecule has 0 heterocycles. The van der Waals surface area contributed by atoms with E-state index >= 15 is 0 Å². The first-order valence-electron chi connectivity index (χ1n) is 9.27. The molecule has 7 heteroatoms. The highest BCUT2D eigenvalue weighted by Crippen LogP contribution is 2.23. The molecule has 1 aromatic carbocycles. The number of rotatable bonds is 7. The molecule has 27 heavy (non-hydrogen) atoms. The zero-order valence-corrected chi connectivity index (χ0v) is 15.6. The quantitative estimate of drug-likeness (QED) is 0.503. The molecule has 1 aromatic rings. The highest BCUT2D eigenvalue weighted by Gasteiger charge is 2.21. The van der Waals surface area contributed by atoms with Crippen molar-refractivity contribution >= 4 is 23.8 Å². The van der Waals surface area contributed by atoms with E-state index in [1.807, 2.05) is 24.3 Å². The average molecular weight is 373 g/mol. The molecule has 3 N–H and O–H groups in total. The van der Waals surface area contributed by atoms with Gasteiger partial charge in [-0.1, -0.05) is 31.4 Å². The van der Waals surface area contributed by atoms with Gasteiger partial charge >= 0.3 is 0 Å². The van der Waals surface area contributed by atoms with Crippen LogP contribution >= 0.6 is 0 Å². The smallest absolute Gasteiger partial charge is 0.244 e. The predicted octanol–water partition coefficient (Wildman–Crippen LogP) is 1.94. The molecule has 0 saturated heterocycles. The van der Waals surface area contributed by atoms with E-state index in [1.54, 1.807) is 13.2 Å². The minimum absolute atomic E-state index is 0.0122. The van der Waals surface area contributed by atoms with Gasteiger partial charge in [0.25, 0.3) is 0 Å². The number of carbonyl (C=O) groups is 3. The lowest BCUT2D eigenvalue weighted by Gasteiger charge is -2.20. The summed E-state index contributed by atoms with van der Waals surface area (Å²) >= 11 is 0. The number of benzene rings is 1. The minimum Gasteiger partial charge on any atom is -0.497 e. The Morgan fingerprint density at radius 1 is 1.07 bits per heavy atom. The van der Waals surface area contributed by atoms with E-state index in [-0.39, 0.29) is 36.6 Å². The van der Waals surface area contributed by atoms with Crippen molar-refractivity contribution in [1.29, 1.82) is 0 Å². The van der Waals surface area contributed by atoms with E-state index in [0.717, 1.165) is 37.0 Å². The summed E-state index contributed by atoms with van der Waals surface area (Å²) < 4.78 is 5.07. The summed E-state index contributed by atoms with van der Waals surface area (Å²) in [5.41, 5.74) is 5.74. The summed E-state index contributed by atoms with van der Waals surface area (Å²) in [6.07, 6.45) is 8.21. The molecule has 0 spiro atoms. The van der Waals surface area contributed by atoms with Crippen LogP contribution in [0.25, 0.3) is 6.08 Å². The molecule has 0 atom stereocenters. The number of amides is 3. The lowest BCUT2D eigenvalue weighted by Crippen LogP contribution is -2.45. The van der Waals surface area contributed by atoms with Crippen molar-refractivity contribution in [2.24, 2.45) is 5.92 Å². The minimum atomic E-state index is -0.335. The first-order valence-corrected chi connectivity index (χ1v) is 9.27. The van der Waals surface area contributed by atoms with Crippen molar-refractivity contribution in [3.8, 4) is 5.75 Å². The van der Waals surface area contributed by atoms with Crippen LogP contribution in [-0.4, -0.2) is 31.4 Å². The number of hydrogen-bond donors (Lipinski definition) is 3. The van der Waals surface area contributed by atoms with Crippen molar-refractivity contribution < 1.29 is 19.1 Å². The van der Waals surface area contributed by atoms with Gasteiger partial charge in [-0.3, -0.25) is 25.2 Å². The Morgan fingerprint density at radius 3 is 2.44 bits per heavy atom. The molecule has 1 aliphatic rings. The summed E-state index contributed by atoms with van der Waals surface area (Å²) in [7, 11) is 1.59. The van der Waals surface area contributed by atoms with Gasteiger partial charge in [0, 0.05) is 25.0 Å². The Kier molecular flexibility index (Phi) is 8.35. The fourth-order valence-electron chi connectivity index (χ4n) is 2.91. The molecular weight excluding hydrogens is 346 g/mol. The molecule has 7 nitrogen and oxygen atoms in total. The third-order valence-electron chi connectivity index (χ3n) is 4.50. The Labute approximate surface area is 159 Å². The van der Waals surface area contributed by atoms with Crippen LogP contribution in [0.2, 0.25) is 0 Å². The average Bonchev–Trinajstić information content (AvgIpc) is 2.71. The van der Waals surface area contributed by atoms with E-state index in [2.05, 4.69) is 16.2 Å². The topological polar surface area (TPSA) is 96.5 Å². The van der Waals surface area contributed by atoms with Gasteiger partial charge in [-0.25, -0.2) is 0 Å². The Bertz CT molecular complexity index is 664. The lowest BCUT2D eigenvalue weighted by atomic mass is 9.89. The number of methoxy groups -OCH3 is 1. The molecule has 1 aliphatic carbocycles. The zero-order valence-electron chi connectivity index (χ0n) is 15.6. The molecule has 0 radical (unpaired) electrons. The van der Waals surface area contributed by atoms with E-state index in [4.69, 9.17) is 4.74 Å². The zero-order chi connectivity index (χ0) is 19.5. The van der Waals surface area contributed by atoms with Gasteiger partial charge in [-0.05, 0) is 36.6 Å². The van der Waals surface area contributed by atoms with Crippen LogP contribution < -0.4 is 20.9 Å². The number of ether oxygens (including phenoxy) is 1. The fraction of sp³-hybridized carbons (Fsp3) is 0.450. The van der Waals surface area contributed by atoms with Crippen LogP contribution in [0.5, 0.6) is 5.75 Å². The summed E-state index contributed by atoms with van der Waals surface area (Å²) in [5, 5.41) is 2.63. The number of hydrogen-bond acceptors (Lipinski definition) is 4. The van der Waals surface area contributed by atoms with E-state index < -0.39 is 0 Å². The van der Waals surface area contributed by atoms with Crippen LogP contribution in [0.15, 0.2) is 30.3 Å². The second-order valence-electron chi connectivity index (χ2n) is 6.52. The standard InChI is InChI=1S/C20H27N3O4/c1-27-17-10-7-15(8-11-17)9-12-18(24)21-14-13-19(25)22-23-20(26)16-5-3-2-4-6-16/h7-12,16H,2-6,13-14H2,1H3,(H,21,24)(H,22,25)(H,23,26)/b12-9+. The van der Waals surface area contributed by atoms with Gasteiger partial charge in [0.1, 0.15) is 5.75 Å². The molecule has 0 unspecified atom stereocenters. The number of carbonyl (C=O) groups excluding carboxylic acids is 3. The summed E-state index contributed by atoms with van der Waals surface area (Å²) in [6.45, 7) is 0.191. The van der Waals surface area contributed by atoms with Crippen LogP contribution in [0.4, 0.5) is 0 Å². The molecule has 146 valence electrons. The van der Waals surface area contributed by atoms with Crippen molar-refractivity contribution in [3.63, 3.8) is 0 Å². The first-order chi connectivity index (χ1) is 13.1. The van der Waals surface area contributed by atoms with Crippen molar-refractivity contribution in [2.75, 3.05) is 13.7 Å². The Morgan fingerprint density at radius 2 is 1.78 bits per heavy atom. The van der Waals surface area contributed by atoms with E-state index in [9.17, 15) is 14.4 Å². The number of hydrazine groups is 1. The Hall–Kier alpha value is -2.83. The normalized spacial score (nSPS) is 14.6. The first kappa shape index (κ1) is 20.5. The fourth-order valence-corrected chi connectivity index (χ4v) is 2.91. The molecule has 1 fully saturated rings. The predicted molar refractivity (Wildman–Crippen MR) is 103 cm³/mol. The van der Waals surface area contributed by atoms with Crippen LogP contribution in [0.1, 0.15) is 44.1 Å². The van der Waals surface area contributed by atoms with Gasteiger partial charge in [0.2, 0.25) is 17.7 Å². The maximum Gasteiger partial charge on any atom is 0.244 e. The summed E-state index contributed by atoms with van der Waals surface area (Å²) in [5.74, 6) is -0.0157. The molecule has 0 aliphatic heterocycles. The van der Waals surface area contributed by atoms with Gasteiger partial charge in [0.15, 0.2) is 0 Å². The summed E-state index contributed by atoms with van der Waals surface area (Å²) in [4.78, 5) is 35.4. The highest BCUT2D eigenvalue weighted by atomic mass is 16.5. The van der Waals surface area contributed by atoms with Gasteiger partial charge < -0.3 is 10.1 Å². The van der Waals surface area contributed by atoms with Crippen LogP contribution in [0.3, 0.4) is 0 Å². The van der Waals surface area contributed by atoms with Gasteiger partial charge in [-0.15, -0.1) is 0 Å². The molecule has 1 saturated carbocycles. The van der Waals surface area contributed by atoms with E-state index in [1.165, 1.54) is 12.5 Å². The second kappa shape index (κ2) is 11.0. The Balaban J connectivity index is 1.61. The van der Waals surface area contributed by atoms with Crippen LogP contribution in [-0.2, 0) is 14.4 Å². The summed E-state index contributed by atoms with van der Waals surface area (Å²) in [6, 6.07) is 7.29. The lowest BCUT2D eigenvalue weighted by molar-refractivity contribution is -0.132. The molecule has 0 aromatic heterocycles. The number of nitrogens with one attached hydrogen (secondary N) is 3. The van der Waals surface area contributed by atoms with Gasteiger partial charge in [0.05, 0.1) is 7.11 Å².